The molecule has 0 spiro atoms. The maximum Gasteiger partial charge on any atom is 0.251 e. The number of rotatable bonds is 7. The Morgan fingerprint density at radius 1 is 1.24 bits per heavy atom. The van der Waals surface area contributed by atoms with Gasteiger partial charge in [0.15, 0.2) is 0 Å². The fourth-order valence-corrected chi connectivity index (χ4v) is 2.84. The van der Waals surface area contributed by atoms with E-state index in [9.17, 15) is 4.79 Å². The molecule has 1 N–H and O–H groups in total. The number of benzene rings is 1. The number of hydrogen-bond donors (Lipinski definition) is 1. The van der Waals surface area contributed by atoms with Crippen molar-refractivity contribution in [3.05, 3.63) is 28.8 Å². The highest BCUT2D eigenvalue weighted by atomic mass is 16.5. The molecule has 21 heavy (non-hydrogen) atoms. The Morgan fingerprint density at radius 3 is 2.24 bits per heavy atom. The van der Waals surface area contributed by atoms with Crippen molar-refractivity contribution in [1.82, 2.24) is 5.32 Å². The van der Waals surface area contributed by atoms with E-state index in [1.54, 1.807) is 7.11 Å². The minimum absolute atomic E-state index is 0.0166. The number of methoxy groups -OCH3 is 1. The molecule has 1 aromatic carbocycles. The first kappa shape index (κ1) is 17.5. The van der Waals surface area contributed by atoms with Crippen LogP contribution in [0.4, 0.5) is 0 Å². The predicted octanol–water partition coefficient (Wildman–Crippen LogP) is 4.26. The Bertz CT molecular complexity index is 457. The molecule has 0 heterocycles. The molecule has 0 aliphatic heterocycles. The average molecular weight is 291 g/mol. The largest absolute Gasteiger partial charge is 0.496 e. The van der Waals surface area contributed by atoms with Crippen LogP contribution in [0.2, 0.25) is 0 Å². The first-order chi connectivity index (χ1) is 9.88. The van der Waals surface area contributed by atoms with Crippen LogP contribution in [0, 0.1) is 19.8 Å². The van der Waals surface area contributed by atoms with Gasteiger partial charge in [0.1, 0.15) is 5.75 Å². The molecule has 1 amide bonds. The van der Waals surface area contributed by atoms with Crippen molar-refractivity contribution in [1.29, 1.82) is 0 Å². The second kappa shape index (κ2) is 8.06. The topological polar surface area (TPSA) is 38.3 Å². The average Bonchev–Trinajstić information content (AvgIpc) is 2.37. The summed E-state index contributed by atoms with van der Waals surface area (Å²) in [5, 5.41) is 3.18. The first-order valence-electron chi connectivity index (χ1n) is 7.85. The van der Waals surface area contributed by atoms with Crippen LogP contribution >= 0.6 is 0 Å². The molecule has 3 nitrogen and oxygen atoms in total. The van der Waals surface area contributed by atoms with Crippen molar-refractivity contribution in [2.24, 2.45) is 5.92 Å². The lowest BCUT2D eigenvalue weighted by Gasteiger charge is -2.20. The van der Waals surface area contributed by atoms with E-state index >= 15 is 0 Å². The van der Waals surface area contributed by atoms with Gasteiger partial charge >= 0.3 is 0 Å². The number of ether oxygens (including phenoxy) is 1. The number of hydrogen-bond acceptors (Lipinski definition) is 2. The van der Waals surface area contributed by atoms with Crippen LogP contribution in [0.1, 0.15) is 61.5 Å². The van der Waals surface area contributed by atoms with E-state index < -0.39 is 0 Å². The fraction of sp³-hybridized carbons (Fsp3) is 0.611. The van der Waals surface area contributed by atoms with Gasteiger partial charge < -0.3 is 10.1 Å². The Kier molecular flexibility index (Phi) is 6.73. The molecule has 0 aromatic heterocycles. The van der Waals surface area contributed by atoms with Gasteiger partial charge in [0, 0.05) is 11.6 Å². The summed E-state index contributed by atoms with van der Waals surface area (Å²) in [6.45, 7) is 10.5. The van der Waals surface area contributed by atoms with Crippen LogP contribution in [0.15, 0.2) is 12.1 Å². The van der Waals surface area contributed by atoms with Crippen molar-refractivity contribution in [2.45, 2.75) is 59.9 Å². The summed E-state index contributed by atoms with van der Waals surface area (Å²) < 4.78 is 5.35. The molecule has 1 atom stereocenters. The molecule has 1 unspecified atom stereocenters. The lowest BCUT2D eigenvalue weighted by molar-refractivity contribution is 0.0929. The zero-order chi connectivity index (χ0) is 16.0. The van der Waals surface area contributed by atoms with Gasteiger partial charge in [-0.3, -0.25) is 4.79 Å². The number of nitrogens with one attached hydrogen (secondary N) is 1. The molecule has 1 aromatic rings. The summed E-state index contributed by atoms with van der Waals surface area (Å²) in [4.78, 5) is 12.5. The second-order valence-corrected chi connectivity index (χ2v) is 6.23. The molecule has 0 fully saturated rings. The Balaban J connectivity index is 2.87. The summed E-state index contributed by atoms with van der Waals surface area (Å²) in [5.41, 5.74) is 2.72. The standard InChI is InChI=1S/C18H29NO2/c1-7-8-16(9-12(2)3)19-18(20)15-10-13(4)17(21-6)14(5)11-15/h10-12,16H,7-9H2,1-6H3,(H,19,20). The van der Waals surface area contributed by atoms with E-state index in [0.717, 1.165) is 41.7 Å². The molecule has 0 saturated carbocycles. The molecule has 1 rings (SSSR count). The monoisotopic (exact) mass is 291 g/mol. The third-order valence-electron chi connectivity index (χ3n) is 3.65. The first-order valence-corrected chi connectivity index (χ1v) is 7.85. The van der Waals surface area contributed by atoms with Crippen molar-refractivity contribution >= 4 is 5.91 Å². The summed E-state index contributed by atoms with van der Waals surface area (Å²) in [5.74, 6) is 1.46. The van der Waals surface area contributed by atoms with Crippen molar-refractivity contribution in [2.75, 3.05) is 7.11 Å². The molecule has 0 radical (unpaired) electrons. The van der Waals surface area contributed by atoms with Crippen LogP contribution in [-0.4, -0.2) is 19.1 Å². The maximum absolute atomic E-state index is 12.5. The van der Waals surface area contributed by atoms with Gasteiger partial charge in [-0.15, -0.1) is 0 Å². The number of carbonyl (C=O) groups excluding carboxylic acids is 1. The second-order valence-electron chi connectivity index (χ2n) is 6.23. The van der Waals surface area contributed by atoms with Crippen molar-refractivity contribution in [3.8, 4) is 5.75 Å². The minimum atomic E-state index is 0.0166. The van der Waals surface area contributed by atoms with Gasteiger partial charge in [-0.25, -0.2) is 0 Å². The summed E-state index contributed by atoms with van der Waals surface area (Å²) >= 11 is 0. The molecular weight excluding hydrogens is 262 g/mol. The van der Waals surface area contributed by atoms with Gasteiger partial charge in [-0.05, 0) is 55.9 Å². The van der Waals surface area contributed by atoms with E-state index in [0.29, 0.717) is 5.92 Å². The van der Waals surface area contributed by atoms with Crippen LogP contribution in [0.5, 0.6) is 5.75 Å². The number of carbonyl (C=O) groups is 1. The van der Waals surface area contributed by atoms with Crippen LogP contribution < -0.4 is 10.1 Å². The predicted molar refractivity (Wildman–Crippen MR) is 88.1 cm³/mol. The summed E-state index contributed by atoms with van der Waals surface area (Å²) in [7, 11) is 1.66. The third kappa shape index (κ3) is 5.07. The Labute approximate surface area is 129 Å². The van der Waals surface area contributed by atoms with Crippen molar-refractivity contribution in [3.63, 3.8) is 0 Å². The molecule has 0 bridgehead atoms. The highest BCUT2D eigenvalue weighted by molar-refractivity contribution is 5.95. The van der Waals surface area contributed by atoms with E-state index in [4.69, 9.17) is 4.74 Å². The van der Waals surface area contributed by atoms with Gasteiger partial charge in [0.2, 0.25) is 0 Å². The highest BCUT2D eigenvalue weighted by Gasteiger charge is 2.16. The molecule has 118 valence electrons. The number of amides is 1. The van der Waals surface area contributed by atoms with Crippen LogP contribution in [0.3, 0.4) is 0 Å². The quantitative estimate of drug-likeness (QED) is 0.815. The lowest BCUT2D eigenvalue weighted by atomic mass is 9.99. The fourth-order valence-electron chi connectivity index (χ4n) is 2.84. The maximum atomic E-state index is 12.5. The van der Waals surface area contributed by atoms with Gasteiger partial charge in [-0.2, -0.15) is 0 Å². The van der Waals surface area contributed by atoms with Crippen LogP contribution in [-0.2, 0) is 0 Å². The summed E-state index contributed by atoms with van der Waals surface area (Å²) in [6, 6.07) is 4.06. The zero-order valence-electron chi connectivity index (χ0n) is 14.2. The van der Waals surface area contributed by atoms with Gasteiger partial charge in [0.25, 0.3) is 5.91 Å². The summed E-state index contributed by atoms with van der Waals surface area (Å²) in [6.07, 6.45) is 3.13. The third-order valence-corrected chi connectivity index (χ3v) is 3.65. The Hall–Kier alpha value is -1.51. The SMILES string of the molecule is CCCC(CC(C)C)NC(=O)c1cc(C)c(OC)c(C)c1. The van der Waals surface area contributed by atoms with E-state index in [-0.39, 0.29) is 11.9 Å². The smallest absolute Gasteiger partial charge is 0.251 e. The van der Waals surface area contributed by atoms with Gasteiger partial charge in [0.05, 0.1) is 7.11 Å². The molecule has 0 aliphatic carbocycles. The molecule has 3 heteroatoms. The normalized spacial score (nSPS) is 12.3. The zero-order valence-corrected chi connectivity index (χ0v) is 14.2. The molecule has 0 saturated heterocycles. The van der Waals surface area contributed by atoms with Crippen molar-refractivity contribution < 1.29 is 9.53 Å². The van der Waals surface area contributed by atoms with Crippen LogP contribution in [0.25, 0.3) is 0 Å². The lowest BCUT2D eigenvalue weighted by Crippen LogP contribution is -2.35. The number of aryl methyl sites for hydroxylation is 2. The molecule has 0 aliphatic rings. The van der Waals surface area contributed by atoms with E-state index in [1.165, 1.54) is 0 Å². The highest BCUT2D eigenvalue weighted by Crippen LogP contribution is 2.24. The van der Waals surface area contributed by atoms with E-state index in [1.807, 2.05) is 26.0 Å². The van der Waals surface area contributed by atoms with Gasteiger partial charge in [-0.1, -0.05) is 27.2 Å². The minimum Gasteiger partial charge on any atom is -0.496 e. The Morgan fingerprint density at radius 2 is 1.81 bits per heavy atom. The van der Waals surface area contributed by atoms with E-state index in [2.05, 4.69) is 26.1 Å². The molecular formula is C18H29NO2.